The SMILES string of the molecule is O=[N+]([O-])c1ccc2c3c(cccc13)C/C2=C/c1ccc(OCc2ccccc2)cc1. The molecule has 0 aliphatic heterocycles. The molecule has 146 valence electrons. The third-order valence-electron chi connectivity index (χ3n) is 5.50. The van der Waals surface area contributed by atoms with E-state index in [1.807, 2.05) is 72.8 Å². The Bertz CT molecular complexity index is 1280. The molecule has 0 radical (unpaired) electrons. The lowest BCUT2D eigenvalue weighted by Gasteiger charge is -2.07. The minimum Gasteiger partial charge on any atom is -0.489 e. The fourth-order valence-electron chi connectivity index (χ4n) is 4.07. The van der Waals surface area contributed by atoms with Crippen molar-refractivity contribution in [2.45, 2.75) is 13.0 Å². The van der Waals surface area contributed by atoms with Crippen LogP contribution >= 0.6 is 0 Å². The van der Waals surface area contributed by atoms with Gasteiger partial charge in [-0.25, -0.2) is 0 Å². The van der Waals surface area contributed by atoms with Gasteiger partial charge in [0.05, 0.1) is 10.3 Å². The number of nitro groups is 1. The highest BCUT2D eigenvalue weighted by Gasteiger charge is 2.23. The number of benzene rings is 4. The zero-order valence-electron chi connectivity index (χ0n) is 16.2. The van der Waals surface area contributed by atoms with Gasteiger partial charge in [0.15, 0.2) is 0 Å². The van der Waals surface area contributed by atoms with Crippen LogP contribution in [0.2, 0.25) is 0 Å². The van der Waals surface area contributed by atoms with E-state index < -0.39 is 0 Å². The molecular weight excluding hydrogens is 374 g/mol. The molecule has 0 fully saturated rings. The van der Waals surface area contributed by atoms with Crippen molar-refractivity contribution in [2.24, 2.45) is 0 Å². The summed E-state index contributed by atoms with van der Waals surface area (Å²) in [6.45, 7) is 0.539. The molecule has 0 aromatic heterocycles. The largest absolute Gasteiger partial charge is 0.489 e. The van der Waals surface area contributed by atoms with E-state index in [1.165, 1.54) is 5.57 Å². The van der Waals surface area contributed by atoms with Gasteiger partial charge in [0.1, 0.15) is 12.4 Å². The summed E-state index contributed by atoms with van der Waals surface area (Å²) in [6, 6.07) is 27.4. The fraction of sp³-hybridized carbons (Fsp3) is 0.0769. The fourth-order valence-corrected chi connectivity index (χ4v) is 4.07. The quantitative estimate of drug-likeness (QED) is 0.290. The third-order valence-corrected chi connectivity index (χ3v) is 5.50. The Morgan fingerprint density at radius 3 is 2.47 bits per heavy atom. The van der Waals surface area contributed by atoms with Crippen LogP contribution in [0.25, 0.3) is 22.4 Å². The number of ether oxygens (including phenoxy) is 1. The lowest BCUT2D eigenvalue weighted by molar-refractivity contribution is -0.383. The maximum atomic E-state index is 11.4. The topological polar surface area (TPSA) is 52.4 Å². The minimum atomic E-state index is -0.307. The normalized spacial score (nSPS) is 13.7. The van der Waals surface area contributed by atoms with Gasteiger partial charge in [-0.2, -0.15) is 0 Å². The van der Waals surface area contributed by atoms with Gasteiger partial charge in [-0.15, -0.1) is 0 Å². The minimum absolute atomic E-state index is 0.164. The van der Waals surface area contributed by atoms with Crippen LogP contribution in [-0.4, -0.2) is 4.92 Å². The summed E-state index contributed by atoms with van der Waals surface area (Å²) < 4.78 is 5.87. The first kappa shape index (κ1) is 18.1. The standard InChI is InChI=1S/C26H19NO3/c28-27(29)25-14-13-23-21(16-20-7-4-8-24(25)26(20)23)15-18-9-11-22(12-10-18)30-17-19-5-2-1-3-6-19/h1-15H,16-17H2/b21-15-. The molecule has 1 aliphatic carbocycles. The van der Waals surface area contributed by atoms with Crippen LogP contribution in [0, 0.1) is 10.1 Å². The Labute approximate surface area is 174 Å². The average molecular weight is 393 g/mol. The van der Waals surface area contributed by atoms with Gasteiger partial charge in [-0.3, -0.25) is 10.1 Å². The van der Waals surface area contributed by atoms with E-state index in [9.17, 15) is 10.1 Å². The van der Waals surface area contributed by atoms with E-state index in [0.29, 0.717) is 12.0 Å². The first-order valence-electron chi connectivity index (χ1n) is 9.86. The molecule has 30 heavy (non-hydrogen) atoms. The van der Waals surface area contributed by atoms with Crippen molar-refractivity contribution >= 4 is 28.1 Å². The zero-order valence-corrected chi connectivity index (χ0v) is 16.2. The zero-order chi connectivity index (χ0) is 20.5. The molecule has 0 N–H and O–H groups in total. The van der Waals surface area contributed by atoms with Crippen molar-refractivity contribution < 1.29 is 9.66 Å². The monoisotopic (exact) mass is 393 g/mol. The maximum absolute atomic E-state index is 11.4. The highest BCUT2D eigenvalue weighted by atomic mass is 16.6. The summed E-state index contributed by atoms with van der Waals surface area (Å²) in [5.41, 5.74) is 5.77. The van der Waals surface area contributed by atoms with Gasteiger partial charge in [0, 0.05) is 6.07 Å². The maximum Gasteiger partial charge on any atom is 0.277 e. The molecule has 1 aliphatic rings. The number of rotatable bonds is 5. The average Bonchev–Trinajstić information content (AvgIpc) is 3.13. The summed E-state index contributed by atoms with van der Waals surface area (Å²) in [5, 5.41) is 13.1. The molecule has 4 aromatic carbocycles. The lowest BCUT2D eigenvalue weighted by Crippen LogP contribution is -1.94. The molecular formula is C26H19NO3. The van der Waals surface area contributed by atoms with Crippen LogP contribution in [0.1, 0.15) is 22.3 Å². The van der Waals surface area contributed by atoms with Crippen molar-refractivity contribution in [2.75, 3.05) is 0 Å². The first-order chi connectivity index (χ1) is 14.7. The van der Waals surface area contributed by atoms with Crippen LogP contribution in [0.4, 0.5) is 5.69 Å². The molecule has 0 unspecified atom stereocenters. The van der Waals surface area contributed by atoms with Crippen LogP contribution in [0.3, 0.4) is 0 Å². The highest BCUT2D eigenvalue weighted by Crippen LogP contribution is 2.41. The van der Waals surface area contributed by atoms with E-state index in [1.54, 1.807) is 6.07 Å². The van der Waals surface area contributed by atoms with Crippen molar-refractivity contribution in [3.05, 3.63) is 117 Å². The van der Waals surface area contributed by atoms with Gasteiger partial charge in [-0.05, 0) is 63.9 Å². The van der Waals surface area contributed by atoms with Gasteiger partial charge >= 0.3 is 0 Å². The number of non-ortho nitro benzene ring substituents is 1. The molecule has 0 saturated heterocycles. The molecule has 0 amide bonds. The number of nitro benzene ring substituents is 1. The third kappa shape index (κ3) is 3.33. The summed E-state index contributed by atoms with van der Waals surface area (Å²) in [7, 11) is 0. The lowest BCUT2D eigenvalue weighted by atomic mass is 10.0. The molecule has 4 aromatic rings. The smallest absolute Gasteiger partial charge is 0.277 e. The van der Waals surface area contributed by atoms with Crippen molar-refractivity contribution in [1.29, 1.82) is 0 Å². The molecule has 0 bridgehead atoms. The molecule has 4 heteroatoms. The Kier molecular flexibility index (Phi) is 4.52. The molecule has 0 heterocycles. The van der Waals surface area contributed by atoms with E-state index >= 15 is 0 Å². The van der Waals surface area contributed by atoms with Crippen molar-refractivity contribution in [3.63, 3.8) is 0 Å². The number of hydrogen-bond acceptors (Lipinski definition) is 3. The summed E-state index contributed by atoms with van der Waals surface area (Å²) in [4.78, 5) is 11.1. The van der Waals surface area contributed by atoms with Gasteiger partial charge in [0.25, 0.3) is 5.69 Å². The highest BCUT2D eigenvalue weighted by molar-refractivity contribution is 6.08. The number of nitrogens with zero attached hydrogens (tertiary/aromatic N) is 1. The second-order valence-electron chi connectivity index (χ2n) is 7.42. The van der Waals surface area contributed by atoms with Crippen LogP contribution < -0.4 is 4.74 Å². The Morgan fingerprint density at radius 2 is 1.70 bits per heavy atom. The van der Waals surface area contributed by atoms with Crippen molar-refractivity contribution in [1.82, 2.24) is 0 Å². The van der Waals surface area contributed by atoms with E-state index in [4.69, 9.17) is 4.74 Å². The Balaban J connectivity index is 1.40. The van der Waals surface area contributed by atoms with Gasteiger partial charge in [0.2, 0.25) is 0 Å². The van der Waals surface area contributed by atoms with E-state index in [0.717, 1.165) is 39.8 Å². The second-order valence-corrected chi connectivity index (χ2v) is 7.42. The predicted molar refractivity (Wildman–Crippen MR) is 119 cm³/mol. The summed E-state index contributed by atoms with van der Waals surface area (Å²) in [5.74, 6) is 0.827. The molecule has 4 nitrogen and oxygen atoms in total. The summed E-state index contributed by atoms with van der Waals surface area (Å²) >= 11 is 0. The van der Waals surface area contributed by atoms with Crippen LogP contribution in [-0.2, 0) is 13.0 Å². The molecule has 0 saturated carbocycles. The van der Waals surface area contributed by atoms with Crippen LogP contribution in [0.5, 0.6) is 5.75 Å². The predicted octanol–water partition coefficient (Wildman–Crippen LogP) is 6.42. The van der Waals surface area contributed by atoms with E-state index in [-0.39, 0.29) is 10.6 Å². The van der Waals surface area contributed by atoms with E-state index in [2.05, 4.69) is 12.1 Å². The molecule has 5 rings (SSSR count). The molecule has 0 spiro atoms. The Hall–Kier alpha value is -3.92. The van der Waals surface area contributed by atoms with Crippen LogP contribution in [0.15, 0.2) is 84.9 Å². The summed E-state index contributed by atoms with van der Waals surface area (Å²) in [6.07, 6.45) is 2.93. The second kappa shape index (κ2) is 7.48. The number of allylic oxidation sites excluding steroid dienone is 1. The number of hydrogen-bond donors (Lipinski definition) is 0. The Morgan fingerprint density at radius 1 is 0.900 bits per heavy atom. The van der Waals surface area contributed by atoms with Crippen molar-refractivity contribution in [3.8, 4) is 5.75 Å². The molecule has 0 atom stereocenters. The van der Waals surface area contributed by atoms with Gasteiger partial charge < -0.3 is 4.74 Å². The first-order valence-corrected chi connectivity index (χ1v) is 9.86. The van der Waals surface area contributed by atoms with Gasteiger partial charge in [-0.1, -0.05) is 60.7 Å².